The highest BCUT2D eigenvalue weighted by Gasteiger charge is 2.21. The van der Waals surface area contributed by atoms with E-state index in [2.05, 4.69) is 37.2 Å². The molecule has 0 amide bonds. The molecule has 24 heavy (non-hydrogen) atoms. The van der Waals surface area contributed by atoms with E-state index in [9.17, 15) is 0 Å². The first-order chi connectivity index (χ1) is 11.7. The maximum Gasteiger partial charge on any atom is 0.236 e. The third kappa shape index (κ3) is 3.00. The number of nitrogens with zero attached hydrogens (tertiary/aromatic N) is 2. The summed E-state index contributed by atoms with van der Waals surface area (Å²) in [5, 5.41) is 3.20. The van der Waals surface area contributed by atoms with Gasteiger partial charge in [0.05, 0.1) is 22.1 Å². The highest BCUT2D eigenvalue weighted by atomic mass is 32.1. The molecule has 0 aliphatic rings. The second-order valence-electron chi connectivity index (χ2n) is 5.89. The smallest absolute Gasteiger partial charge is 0.236 e. The second kappa shape index (κ2) is 6.47. The molecule has 4 rings (SSSR count). The van der Waals surface area contributed by atoms with E-state index in [0.29, 0.717) is 11.9 Å². The molecule has 0 saturated carbocycles. The Morgan fingerprint density at radius 1 is 1.17 bits per heavy atom. The van der Waals surface area contributed by atoms with Gasteiger partial charge in [-0.05, 0) is 30.5 Å². The van der Waals surface area contributed by atoms with Crippen molar-refractivity contribution in [1.29, 1.82) is 0 Å². The van der Waals surface area contributed by atoms with Crippen LogP contribution in [-0.4, -0.2) is 17.0 Å². The molecule has 4 aromatic rings. The van der Waals surface area contributed by atoms with Gasteiger partial charge in [-0.2, -0.15) is 0 Å². The molecular formula is C18H18N3OS2+. The number of rotatable bonds is 5. The molecule has 3 heterocycles. The van der Waals surface area contributed by atoms with E-state index in [1.165, 1.54) is 9.60 Å². The van der Waals surface area contributed by atoms with Crippen LogP contribution in [0.4, 0.5) is 0 Å². The number of nitrogens with one attached hydrogen (secondary N) is 1. The molecule has 1 unspecified atom stereocenters. The van der Waals surface area contributed by atoms with Crippen molar-refractivity contribution in [3.05, 3.63) is 58.7 Å². The lowest BCUT2D eigenvalue weighted by atomic mass is 10.3. The van der Waals surface area contributed by atoms with E-state index in [1.807, 2.05) is 23.6 Å². The van der Waals surface area contributed by atoms with Gasteiger partial charge >= 0.3 is 0 Å². The highest BCUT2D eigenvalue weighted by Crippen LogP contribution is 2.25. The van der Waals surface area contributed by atoms with Crippen LogP contribution in [0.3, 0.4) is 0 Å². The quantitative estimate of drug-likeness (QED) is 0.592. The van der Waals surface area contributed by atoms with Gasteiger partial charge in [-0.25, -0.2) is 9.97 Å². The van der Waals surface area contributed by atoms with Crippen molar-refractivity contribution in [2.75, 3.05) is 7.05 Å². The molecule has 1 aromatic carbocycles. The third-order valence-electron chi connectivity index (χ3n) is 4.16. The molecule has 4 nitrogen and oxygen atoms in total. The molecule has 1 N–H and O–H groups in total. The van der Waals surface area contributed by atoms with Crippen LogP contribution in [0, 0.1) is 0 Å². The van der Waals surface area contributed by atoms with Crippen molar-refractivity contribution in [3.8, 4) is 10.8 Å². The fourth-order valence-corrected chi connectivity index (χ4v) is 4.39. The lowest BCUT2D eigenvalue weighted by Crippen LogP contribution is -3.07. The number of thiophene rings is 1. The summed E-state index contributed by atoms with van der Waals surface area (Å²) in [6, 6.07) is 12.6. The summed E-state index contributed by atoms with van der Waals surface area (Å²) in [5.41, 5.74) is 2.06. The molecule has 0 aliphatic carbocycles. The monoisotopic (exact) mass is 356 g/mol. The van der Waals surface area contributed by atoms with E-state index in [-0.39, 0.29) is 0 Å². The molecule has 0 fully saturated rings. The number of fused-ring (bicyclic) bond motifs is 1. The Morgan fingerprint density at radius 3 is 2.83 bits per heavy atom. The first kappa shape index (κ1) is 15.5. The molecule has 0 bridgehead atoms. The van der Waals surface area contributed by atoms with Crippen molar-refractivity contribution in [2.24, 2.45) is 0 Å². The minimum atomic E-state index is 0.310. The highest BCUT2D eigenvalue weighted by molar-refractivity contribution is 7.18. The zero-order valence-electron chi connectivity index (χ0n) is 13.5. The van der Waals surface area contributed by atoms with Gasteiger partial charge in [-0.1, -0.05) is 18.2 Å². The van der Waals surface area contributed by atoms with E-state index in [4.69, 9.17) is 9.40 Å². The van der Waals surface area contributed by atoms with Crippen molar-refractivity contribution in [1.82, 2.24) is 9.97 Å². The van der Waals surface area contributed by atoms with Gasteiger partial charge in [-0.3, -0.25) is 0 Å². The third-order valence-corrected chi connectivity index (χ3v) is 6.24. The van der Waals surface area contributed by atoms with Crippen molar-refractivity contribution < 1.29 is 9.32 Å². The minimum Gasteiger partial charge on any atom is -0.443 e. The number of oxazole rings is 1. The molecule has 122 valence electrons. The number of thiazole rings is 1. The summed E-state index contributed by atoms with van der Waals surface area (Å²) in [5.74, 6) is 0.709. The van der Waals surface area contributed by atoms with Gasteiger partial charge in [-0.15, -0.1) is 22.7 Å². The first-order valence-electron chi connectivity index (χ1n) is 7.87. The number of quaternary nitrogens is 1. The van der Waals surface area contributed by atoms with Gasteiger partial charge in [0.1, 0.15) is 24.5 Å². The van der Waals surface area contributed by atoms with Crippen LogP contribution in [0.5, 0.6) is 0 Å². The average molecular weight is 356 g/mol. The van der Waals surface area contributed by atoms with Gasteiger partial charge in [0.15, 0.2) is 5.01 Å². The number of aromatic nitrogens is 2. The SMILES string of the molecule is C[C@@H](c1nc2ccccc2s1)[NH+](C)Cc1coc(-c2cccs2)n1. The first-order valence-corrected chi connectivity index (χ1v) is 9.56. The van der Waals surface area contributed by atoms with Crippen molar-refractivity contribution in [2.45, 2.75) is 19.5 Å². The van der Waals surface area contributed by atoms with E-state index in [0.717, 1.165) is 27.6 Å². The van der Waals surface area contributed by atoms with Gasteiger partial charge in [0, 0.05) is 0 Å². The largest absolute Gasteiger partial charge is 0.443 e. The number of hydrogen-bond donors (Lipinski definition) is 1. The van der Waals surface area contributed by atoms with E-state index >= 15 is 0 Å². The maximum absolute atomic E-state index is 5.62. The topological polar surface area (TPSA) is 43.4 Å². The molecule has 0 saturated heterocycles. The fraction of sp³-hybridized carbons (Fsp3) is 0.222. The zero-order chi connectivity index (χ0) is 16.5. The summed E-state index contributed by atoms with van der Waals surface area (Å²) in [7, 11) is 2.18. The molecule has 6 heteroatoms. The second-order valence-corrected chi connectivity index (χ2v) is 7.90. The Labute approximate surface area is 148 Å². The number of para-hydroxylation sites is 1. The number of hydrogen-bond acceptors (Lipinski definition) is 5. The predicted molar refractivity (Wildman–Crippen MR) is 98.4 cm³/mol. The average Bonchev–Trinajstić information content (AvgIpc) is 3.32. The van der Waals surface area contributed by atoms with Crippen LogP contribution in [0.15, 0.2) is 52.5 Å². The van der Waals surface area contributed by atoms with Crippen LogP contribution >= 0.6 is 22.7 Å². The molecule has 2 atom stereocenters. The minimum absolute atomic E-state index is 0.310. The Balaban J connectivity index is 1.50. The van der Waals surface area contributed by atoms with E-state index < -0.39 is 0 Å². The lowest BCUT2D eigenvalue weighted by Gasteiger charge is -2.18. The van der Waals surface area contributed by atoms with Crippen LogP contribution in [-0.2, 0) is 6.54 Å². The van der Waals surface area contributed by atoms with Gasteiger partial charge < -0.3 is 9.32 Å². The predicted octanol–water partition coefficient (Wildman–Crippen LogP) is 3.79. The summed E-state index contributed by atoms with van der Waals surface area (Å²) in [6.45, 7) is 3.03. The Morgan fingerprint density at radius 2 is 2.04 bits per heavy atom. The summed E-state index contributed by atoms with van der Waals surface area (Å²) in [6.07, 6.45) is 1.77. The Bertz CT molecular complexity index is 909. The van der Waals surface area contributed by atoms with E-state index in [1.54, 1.807) is 28.9 Å². The summed E-state index contributed by atoms with van der Waals surface area (Å²) in [4.78, 5) is 11.8. The molecular weight excluding hydrogens is 338 g/mol. The summed E-state index contributed by atoms with van der Waals surface area (Å²) < 4.78 is 6.86. The van der Waals surface area contributed by atoms with Gasteiger partial charge in [0.2, 0.25) is 5.89 Å². The molecule has 3 aromatic heterocycles. The fourth-order valence-electron chi connectivity index (χ4n) is 2.63. The Hall–Kier alpha value is -2.02. The number of benzene rings is 1. The molecule has 0 radical (unpaired) electrons. The zero-order valence-corrected chi connectivity index (χ0v) is 15.2. The summed E-state index contributed by atoms with van der Waals surface area (Å²) >= 11 is 3.42. The molecule has 0 spiro atoms. The van der Waals surface area contributed by atoms with Crippen molar-refractivity contribution in [3.63, 3.8) is 0 Å². The maximum atomic E-state index is 5.62. The standard InChI is InChI=1S/C18H17N3OS2/c1-12(18-20-14-6-3-4-7-15(14)24-18)21(2)10-13-11-22-17(19-13)16-8-5-9-23-16/h3-9,11-12H,10H2,1-2H3/p+1/t12-/m0/s1. The van der Waals surface area contributed by atoms with Crippen molar-refractivity contribution >= 4 is 32.9 Å². The van der Waals surface area contributed by atoms with Crippen LogP contribution in [0.1, 0.15) is 23.7 Å². The Kier molecular flexibility index (Phi) is 4.18. The van der Waals surface area contributed by atoms with Gasteiger partial charge in [0.25, 0.3) is 0 Å². The van der Waals surface area contributed by atoms with Crippen LogP contribution in [0.2, 0.25) is 0 Å². The lowest BCUT2D eigenvalue weighted by molar-refractivity contribution is -0.924. The molecule has 0 aliphatic heterocycles. The van der Waals surface area contributed by atoms with Crippen LogP contribution < -0.4 is 4.90 Å². The van der Waals surface area contributed by atoms with Crippen LogP contribution in [0.25, 0.3) is 21.0 Å². The normalized spacial score (nSPS) is 14.1.